The molecule has 4 rings (SSSR count). The van der Waals surface area contributed by atoms with Crippen molar-refractivity contribution in [2.45, 2.75) is 24.6 Å². The number of hydrogen-bond donors (Lipinski definition) is 2. The highest BCUT2D eigenvalue weighted by Gasteiger charge is 2.50. The molecule has 0 spiro atoms. The van der Waals surface area contributed by atoms with E-state index >= 15 is 0 Å². The maximum atomic E-state index is 13.0. The first-order chi connectivity index (χ1) is 18.2. The summed E-state index contributed by atoms with van der Waals surface area (Å²) in [6, 6.07) is 23.5. The standard InChI is InChI=1S/C26H23O11P/c27-23(17-10-4-1-5-11-17)34-20-16-33-26(37-38(30,31)32)22(36-25(29)19-14-8-3-9-15-19)21(20)35-24(28)18-12-6-2-7-13-18/h1-15,20-22,26H,16H2,(H2,30,31,32)/t20-,21+,22-,26?/m1/s1. The van der Waals surface area contributed by atoms with Crippen LogP contribution in [0.4, 0.5) is 0 Å². The fraction of sp³-hybridized carbons (Fsp3) is 0.192. The Bertz CT molecular complexity index is 1290. The Morgan fingerprint density at radius 2 is 1.05 bits per heavy atom. The summed E-state index contributed by atoms with van der Waals surface area (Å²) in [5.41, 5.74) is 0.416. The van der Waals surface area contributed by atoms with Gasteiger partial charge in [-0.3, -0.25) is 4.52 Å². The summed E-state index contributed by atoms with van der Waals surface area (Å²) in [7, 11) is -5.17. The summed E-state index contributed by atoms with van der Waals surface area (Å²) in [4.78, 5) is 57.5. The van der Waals surface area contributed by atoms with Crippen LogP contribution in [0.3, 0.4) is 0 Å². The van der Waals surface area contributed by atoms with Gasteiger partial charge in [0.25, 0.3) is 0 Å². The monoisotopic (exact) mass is 542 g/mol. The maximum Gasteiger partial charge on any atom is 0.472 e. The molecule has 12 heteroatoms. The highest BCUT2D eigenvalue weighted by molar-refractivity contribution is 7.46. The van der Waals surface area contributed by atoms with Gasteiger partial charge in [0.2, 0.25) is 6.29 Å². The molecule has 1 saturated heterocycles. The summed E-state index contributed by atoms with van der Waals surface area (Å²) in [5, 5.41) is 0. The Morgan fingerprint density at radius 3 is 1.47 bits per heavy atom. The molecule has 0 aliphatic carbocycles. The molecule has 0 amide bonds. The first-order valence-electron chi connectivity index (χ1n) is 11.3. The zero-order valence-electron chi connectivity index (χ0n) is 19.7. The fourth-order valence-electron chi connectivity index (χ4n) is 3.65. The highest BCUT2D eigenvalue weighted by Crippen LogP contribution is 2.41. The second kappa shape index (κ2) is 12.1. The third-order valence-corrected chi connectivity index (χ3v) is 5.88. The van der Waals surface area contributed by atoms with Crippen LogP contribution in [0, 0.1) is 0 Å². The predicted octanol–water partition coefficient (Wildman–Crippen LogP) is 3.13. The maximum absolute atomic E-state index is 13.0. The summed E-state index contributed by atoms with van der Waals surface area (Å²) in [6.45, 7) is -0.491. The zero-order chi connectivity index (χ0) is 27.1. The third-order valence-electron chi connectivity index (χ3n) is 5.40. The Hall–Kier alpha value is -3.86. The van der Waals surface area contributed by atoms with Gasteiger partial charge in [-0.15, -0.1) is 0 Å². The van der Waals surface area contributed by atoms with Crippen molar-refractivity contribution in [3.63, 3.8) is 0 Å². The van der Waals surface area contributed by atoms with Crippen molar-refractivity contribution in [3.8, 4) is 0 Å². The number of hydrogen-bond acceptors (Lipinski definition) is 9. The molecular weight excluding hydrogens is 519 g/mol. The molecule has 1 heterocycles. The van der Waals surface area contributed by atoms with Crippen LogP contribution in [0.5, 0.6) is 0 Å². The summed E-state index contributed by atoms with van der Waals surface area (Å²) < 4.78 is 38.4. The molecule has 0 aromatic heterocycles. The van der Waals surface area contributed by atoms with E-state index in [1.165, 1.54) is 36.4 Å². The van der Waals surface area contributed by atoms with E-state index in [0.717, 1.165) is 0 Å². The minimum absolute atomic E-state index is 0.0963. The summed E-state index contributed by atoms with van der Waals surface area (Å²) in [5.74, 6) is -2.58. The van der Waals surface area contributed by atoms with E-state index in [9.17, 15) is 28.7 Å². The van der Waals surface area contributed by atoms with Gasteiger partial charge in [-0.2, -0.15) is 0 Å². The Kier molecular flexibility index (Phi) is 8.67. The number of phosphoric acid groups is 1. The number of carbonyl (C=O) groups excluding carboxylic acids is 3. The van der Waals surface area contributed by atoms with Crippen molar-refractivity contribution in [1.82, 2.24) is 0 Å². The summed E-state index contributed by atoms with van der Waals surface area (Å²) >= 11 is 0. The van der Waals surface area contributed by atoms with Gasteiger partial charge in [-0.25, -0.2) is 18.9 Å². The number of carbonyl (C=O) groups is 3. The lowest BCUT2D eigenvalue weighted by Crippen LogP contribution is -2.58. The van der Waals surface area contributed by atoms with Gasteiger partial charge in [0.15, 0.2) is 18.3 Å². The number of phosphoric ester groups is 1. The lowest BCUT2D eigenvalue weighted by Gasteiger charge is -2.40. The Morgan fingerprint density at radius 1 is 0.658 bits per heavy atom. The summed E-state index contributed by atoms with van der Waals surface area (Å²) in [6.07, 6.45) is -6.48. The van der Waals surface area contributed by atoms with E-state index in [-0.39, 0.29) is 16.7 Å². The molecule has 2 N–H and O–H groups in total. The topological polar surface area (TPSA) is 155 Å². The molecule has 3 aromatic carbocycles. The van der Waals surface area contributed by atoms with Crippen LogP contribution < -0.4 is 0 Å². The molecule has 1 aliphatic rings. The van der Waals surface area contributed by atoms with Crippen LogP contribution in [0.25, 0.3) is 0 Å². The SMILES string of the molecule is O=C(O[C@H]1[C@H](OC(=O)c2ccccc2)COC(OP(=O)(O)O)[C@@H]1OC(=O)c1ccccc1)c1ccccc1. The van der Waals surface area contributed by atoms with Crippen LogP contribution in [0.2, 0.25) is 0 Å². The lowest BCUT2D eigenvalue weighted by molar-refractivity contribution is -0.245. The van der Waals surface area contributed by atoms with Crippen LogP contribution in [-0.2, 0) is 28.0 Å². The van der Waals surface area contributed by atoms with E-state index in [2.05, 4.69) is 0 Å². The van der Waals surface area contributed by atoms with Crippen LogP contribution in [-0.4, -0.2) is 58.9 Å². The number of rotatable bonds is 8. The van der Waals surface area contributed by atoms with Gasteiger partial charge in [0.1, 0.15) is 0 Å². The Balaban J connectivity index is 1.67. The molecule has 11 nitrogen and oxygen atoms in total. The molecule has 38 heavy (non-hydrogen) atoms. The van der Waals surface area contributed by atoms with Gasteiger partial charge in [-0.05, 0) is 36.4 Å². The minimum atomic E-state index is -5.17. The predicted molar refractivity (Wildman–Crippen MR) is 130 cm³/mol. The van der Waals surface area contributed by atoms with Crippen LogP contribution in [0.15, 0.2) is 91.0 Å². The smallest absolute Gasteiger partial charge is 0.452 e. The largest absolute Gasteiger partial charge is 0.472 e. The van der Waals surface area contributed by atoms with Crippen molar-refractivity contribution in [2.24, 2.45) is 0 Å². The number of benzene rings is 3. The molecule has 4 atom stereocenters. The average molecular weight is 542 g/mol. The van der Waals surface area contributed by atoms with Gasteiger partial charge >= 0.3 is 25.7 Å². The molecule has 0 bridgehead atoms. The molecule has 3 aromatic rings. The molecule has 1 aliphatic heterocycles. The van der Waals surface area contributed by atoms with Gasteiger partial charge < -0.3 is 28.7 Å². The van der Waals surface area contributed by atoms with Crippen molar-refractivity contribution in [1.29, 1.82) is 0 Å². The van der Waals surface area contributed by atoms with Crippen LogP contribution in [0.1, 0.15) is 31.1 Å². The normalized spacial score (nSPS) is 21.2. The average Bonchev–Trinajstić information content (AvgIpc) is 2.92. The van der Waals surface area contributed by atoms with Gasteiger partial charge in [0.05, 0.1) is 23.3 Å². The molecular formula is C26H23O11P. The highest BCUT2D eigenvalue weighted by atomic mass is 31.2. The minimum Gasteiger partial charge on any atom is -0.452 e. The third kappa shape index (κ3) is 7.12. The van der Waals surface area contributed by atoms with Gasteiger partial charge in [-0.1, -0.05) is 54.6 Å². The van der Waals surface area contributed by atoms with E-state index < -0.39 is 56.9 Å². The van der Waals surface area contributed by atoms with Crippen molar-refractivity contribution in [2.75, 3.05) is 6.61 Å². The number of esters is 3. The van der Waals surface area contributed by atoms with E-state index in [0.29, 0.717) is 0 Å². The second-order valence-corrected chi connectivity index (χ2v) is 9.27. The molecule has 0 saturated carbocycles. The van der Waals surface area contributed by atoms with Gasteiger partial charge in [0, 0.05) is 0 Å². The lowest BCUT2D eigenvalue weighted by atomic mass is 10.0. The van der Waals surface area contributed by atoms with Crippen LogP contribution >= 0.6 is 7.82 Å². The van der Waals surface area contributed by atoms with E-state index in [1.807, 2.05) is 0 Å². The Labute approximate surface area is 217 Å². The first-order valence-corrected chi connectivity index (χ1v) is 12.9. The van der Waals surface area contributed by atoms with Crippen molar-refractivity contribution < 1.29 is 52.2 Å². The molecule has 198 valence electrons. The molecule has 1 unspecified atom stereocenters. The number of ether oxygens (including phenoxy) is 4. The quantitative estimate of drug-likeness (QED) is 0.245. The van der Waals surface area contributed by atoms with Crippen molar-refractivity contribution in [3.05, 3.63) is 108 Å². The van der Waals surface area contributed by atoms with E-state index in [4.69, 9.17) is 23.5 Å². The molecule has 1 fully saturated rings. The second-order valence-electron chi connectivity index (χ2n) is 8.08. The van der Waals surface area contributed by atoms with Crippen molar-refractivity contribution >= 4 is 25.7 Å². The fourth-order valence-corrected chi connectivity index (χ4v) is 4.10. The van der Waals surface area contributed by atoms with E-state index in [1.54, 1.807) is 54.6 Å². The molecule has 0 radical (unpaired) electrons. The first kappa shape index (κ1) is 27.2. The zero-order valence-corrected chi connectivity index (χ0v) is 20.6.